The molecule has 1 fully saturated rings. The van der Waals surface area contributed by atoms with E-state index in [4.69, 9.17) is 5.11 Å². The molecule has 0 saturated carbocycles. The first kappa shape index (κ1) is 9.89. The van der Waals surface area contributed by atoms with Crippen LogP contribution in [0.25, 0.3) is 0 Å². The molecule has 1 saturated heterocycles. The minimum atomic E-state index is -1.01. The predicted octanol–water partition coefficient (Wildman–Crippen LogP) is 1.16. The highest BCUT2D eigenvalue weighted by Crippen LogP contribution is 2.21. The SMILES string of the molecule is CC1CCCN1c1nccc(C(=O)O)n1. The number of hydrogen-bond acceptors (Lipinski definition) is 4. The van der Waals surface area contributed by atoms with Crippen LogP contribution in [0.2, 0.25) is 0 Å². The highest BCUT2D eigenvalue weighted by Gasteiger charge is 2.23. The monoisotopic (exact) mass is 207 g/mol. The van der Waals surface area contributed by atoms with Crippen molar-refractivity contribution in [2.45, 2.75) is 25.8 Å². The van der Waals surface area contributed by atoms with E-state index in [9.17, 15) is 4.79 Å². The van der Waals surface area contributed by atoms with E-state index in [1.807, 2.05) is 4.90 Å². The number of carboxylic acids is 1. The zero-order chi connectivity index (χ0) is 10.8. The number of carbonyl (C=O) groups is 1. The molecule has 1 N–H and O–H groups in total. The Kier molecular flexibility index (Phi) is 2.53. The Morgan fingerprint density at radius 1 is 1.67 bits per heavy atom. The number of hydrogen-bond donors (Lipinski definition) is 1. The van der Waals surface area contributed by atoms with E-state index in [-0.39, 0.29) is 5.69 Å². The molecule has 80 valence electrons. The van der Waals surface area contributed by atoms with Crippen molar-refractivity contribution in [2.75, 3.05) is 11.4 Å². The number of aromatic carboxylic acids is 1. The molecule has 1 atom stereocenters. The minimum Gasteiger partial charge on any atom is -0.477 e. The summed E-state index contributed by atoms with van der Waals surface area (Å²) in [6.07, 6.45) is 3.72. The molecule has 1 aliphatic rings. The topological polar surface area (TPSA) is 66.3 Å². The van der Waals surface area contributed by atoms with Crippen LogP contribution in [0.15, 0.2) is 12.3 Å². The van der Waals surface area contributed by atoms with Gasteiger partial charge in [-0.2, -0.15) is 0 Å². The number of carboxylic acid groups (broad SMARTS) is 1. The highest BCUT2D eigenvalue weighted by molar-refractivity contribution is 5.85. The molecular weight excluding hydrogens is 194 g/mol. The lowest BCUT2D eigenvalue weighted by Crippen LogP contribution is -2.28. The van der Waals surface area contributed by atoms with Crippen LogP contribution in [0.3, 0.4) is 0 Å². The molecule has 2 rings (SSSR count). The fourth-order valence-electron chi connectivity index (χ4n) is 1.84. The standard InChI is InChI=1S/C10H13N3O2/c1-7-3-2-6-13(7)10-11-5-4-8(12-10)9(14)15/h4-5,7H,2-3,6H2,1H3,(H,14,15). The van der Waals surface area contributed by atoms with Crippen molar-refractivity contribution < 1.29 is 9.90 Å². The summed E-state index contributed by atoms with van der Waals surface area (Å²) in [5, 5.41) is 8.81. The van der Waals surface area contributed by atoms with Crippen LogP contribution in [0, 0.1) is 0 Å². The normalized spacial score (nSPS) is 20.6. The van der Waals surface area contributed by atoms with Gasteiger partial charge < -0.3 is 10.0 Å². The van der Waals surface area contributed by atoms with Crippen LogP contribution in [0.5, 0.6) is 0 Å². The molecule has 5 nitrogen and oxygen atoms in total. The summed E-state index contributed by atoms with van der Waals surface area (Å²) in [7, 11) is 0. The molecule has 1 unspecified atom stereocenters. The fourth-order valence-corrected chi connectivity index (χ4v) is 1.84. The van der Waals surface area contributed by atoms with Gasteiger partial charge in [-0.3, -0.25) is 0 Å². The van der Waals surface area contributed by atoms with Crippen LogP contribution in [0.1, 0.15) is 30.3 Å². The van der Waals surface area contributed by atoms with Crippen molar-refractivity contribution in [2.24, 2.45) is 0 Å². The van der Waals surface area contributed by atoms with Gasteiger partial charge >= 0.3 is 5.97 Å². The van der Waals surface area contributed by atoms with Crippen LogP contribution < -0.4 is 4.90 Å². The molecule has 1 aromatic heterocycles. The number of rotatable bonds is 2. The minimum absolute atomic E-state index is 0.0547. The first-order chi connectivity index (χ1) is 7.18. The lowest BCUT2D eigenvalue weighted by molar-refractivity contribution is 0.0690. The van der Waals surface area contributed by atoms with Gasteiger partial charge in [0.25, 0.3) is 0 Å². The molecule has 1 aliphatic heterocycles. The van der Waals surface area contributed by atoms with E-state index in [1.165, 1.54) is 12.3 Å². The highest BCUT2D eigenvalue weighted by atomic mass is 16.4. The Bertz CT molecular complexity index is 381. The third-order valence-corrected chi connectivity index (χ3v) is 2.67. The van der Waals surface area contributed by atoms with Gasteiger partial charge in [-0.1, -0.05) is 0 Å². The summed E-state index contributed by atoms with van der Waals surface area (Å²) in [6.45, 7) is 3.01. The van der Waals surface area contributed by atoms with Crippen molar-refractivity contribution in [3.8, 4) is 0 Å². The molecule has 0 spiro atoms. The Morgan fingerprint density at radius 3 is 3.07 bits per heavy atom. The quantitative estimate of drug-likeness (QED) is 0.788. The van der Waals surface area contributed by atoms with Gasteiger partial charge in [0.15, 0.2) is 5.69 Å². The third kappa shape index (κ3) is 1.91. The molecule has 5 heteroatoms. The van der Waals surface area contributed by atoms with Crippen molar-refractivity contribution in [3.63, 3.8) is 0 Å². The lowest BCUT2D eigenvalue weighted by Gasteiger charge is -2.20. The van der Waals surface area contributed by atoms with Gasteiger partial charge in [0.05, 0.1) is 0 Å². The maximum atomic E-state index is 10.7. The Morgan fingerprint density at radius 2 is 2.47 bits per heavy atom. The summed E-state index contributed by atoms with van der Waals surface area (Å²) >= 11 is 0. The zero-order valence-corrected chi connectivity index (χ0v) is 8.55. The summed E-state index contributed by atoms with van der Waals surface area (Å²) in [4.78, 5) is 20.9. The number of nitrogens with zero attached hydrogens (tertiary/aromatic N) is 3. The number of aromatic nitrogens is 2. The van der Waals surface area contributed by atoms with E-state index < -0.39 is 5.97 Å². The van der Waals surface area contributed by atoms with Crippen molar-refractivity contribution >= 4 is 11.9 Å². The molecule has 0 aromatic carbocycles. The van der Waals surface area contributed by atoms with Gasteiger partial charge in [-0.05, 0) is 25.8 Å². The van der Waals surface area contributed by atoms with Crippen molar-refractivity contribution in [3.05, 3.63) is 18.0 Å². The van der Waals surface area contributed by atoms with Gasteiger partial charge in [0.2, 0.25) is 5.95 Å². The summed E-state index contributed by atoms with van der Waals surface area (Å²) in [5.41, 5.74) is 0.0547. The van der Waals surface area contributed by atoms with Gasteiger partial charge in [-0.15, -0.1) is 0 Å². The van der Waals surface area contributed by atoms with Crippen molar-refractivity contribution in [1.82, 2.24) is 9.97 Å². The maximum absolute atomic E-state index is 10.7. The van der Waals surface area contributed by atoms with Gasteiger partial charge in [0.1, 0.15) is 0 Å². The molecule has 0 amide bonds. The predicted molar refractivity (Wildman–Crippen MR) is 55.0 cm³/mol. The zero-order valence-electron chi connectivity index (χ0n) is 8.55. The smallest absolute Gasteiger partial charge is 0.354 e. The van der Waals surface area contributed by atoms with Crippen LogP contribution in [-0.2, 0) is 0 Å². The molecule has 15 heavy (non-hydrogen) atoms. The van der Waals surface area contributed by atoms with E-state index >= 15 is 0 Å². The second-order valence-corrected chi connectivity index (χ2v) is 3.73. The Balaban J connectivity index is 2.28. The Labute approximate surface area is 87.8 Å². The molecule has 2 heterocycles. The van der Waals surface area contributed by atoms with E-state index in [1.54, 1.807) is 0 Å². The molecule has 0 bridgehead atoms. The lowest BCUT2D eigenvalue weighted by atomic mass is 10.2. The summed E-state index contributed by atoms with van der Waals surface area (Å²) < 4.78 is 0. The Hall–Kier alpha value is -1.65. The first-order valence-corrected chi connectivity index (χ1v) is 5.01. The van der Waals surface area contributed by atoms with E-state index in [0.717, 1.165) is 19.4 Å². The summed E-state index contributed by atoms with van der Waals surface area (Å²) in [6, 6.07) is 1.81. The van der Waals surface area contributed by atoms with Gasteiger partial charge in [0, 0.05) is 18.8 Å². The van der Waals surface area contributed by atoms with Crippen molar-refractivity contribution in [1.29, 1.82) is 0 Å². The molecule has 0 aliphatic carbocycles. The average Bonchev–Trinajstić information content (AvgIpc) is 2.64. The van der Waals surface area contributed by atoms with Crippen LogP contribution in [0.4, 0.5) is 5.95 Å². The second-order valence-electron chi connectivity index (χ2n) is 3.73. The molecule has 1 aromatic rings. The first-order valence-electron chi connectivity index (χ1n) is 5.01. The van der Waals surface area contributed by atoms with Gasteiger partial charge in [-0.25, -0.2) is 14.8 Å². The van der Waals surface area contributed by atoms with E-state index in [0.29, 0.717) is 12.0 Å². The maximum Gasteiger partial charge on any atom is 0.354 e. The third-order valence-electron chi connectivity index (χ3n) is 2.67. The van der Waals surface area contributed by atoms with Crippen LogP contribution >= 0.6 is 0 Å². The fraction of sp³-hybridized carbons (Fsp3) is 0.500. The summed E-state index contributed by atoms with van der Waals surface area (Å²) in [5.74, 6) is -0.481. The van der Waals surface area contributed by atoms with Crippen LogP contribution in [-0.4, -0.2) is 33.6 Å². The largest absolute Gasteiger partial charge is 0.477 e. The molecule has 0 radical (unpaired) electrons. The molecular formula is C10H13N3O2. The number of anilines is 1. The second kappa shape index (κ2) is 3.84. The van der Waals surface area contributed by atoms with E-state index in [2.05, 4.69) is 16.9 Å². The average molecular weight is 207 g/mol.